The molecule has 2 heterocycles. The highest BCUT2D eigenvalue weighted by molar-refractivity contribution is 6.37. The fourth-order valence-corrected chi connectivity index (χ4v) is 4.97. The van der Waals surface area contributed by atoms with Crippen LogP contribution in [-0.2, 0) is 20.0 Å². The molecular weight excluding hydrogens is 487 g/mol. The number of rotatable bonds is 4. The predicted octanol–water partition coefficient (Wildman–Crippen LogP) is 4.87. The maximum absolute atomic E-state index is 13.4. The molecule has 3 aromatic rings. The molecule has 0 saturated heterocycles. The molecule has 3 aromatic carbocycles. The van der Waals surface area contributed by atoms with E-state index in [1.54, 1.807) is 47.0 Å². The van der Waals surface area contributed by atoms with Gasteiger partial charge in [-0.3, -0.25) is 4.79 Å². The topological polar surface area (TPSA) is 65.5 Å². The van der Waals surface area contributed by atoms with Crippen molar-refractivity contribution in [2.75, 3.05) is 30.1 Å². The molecule has 0 aromatic heterocycles. The molecule has 7 nitrogen and oxygen atoms in total. The van der Waals surface area contributed by atoms with Gasteiger partial charge in [0.2, 0.25) is 11.7 Å². The Morgan fingerprint density at radius 1 is 1.03 bits per heavy atom. The Morgan fingerprint density at radius 3 is 2.40 bits per heavy atom. The van der Waals surface area contributed by atoms with Crippen LogP contribution in [0.3, 0.4) is 0 Å². The number of esters is 1. The number of halogens is 2. The number of anilines is 2. The first-order valence-corrected chi connectivity index (χ1v) is 11.8. The molecule has 0 aliphatic carbocycles. The van der Waals surface area contributed by atoms with Crippen LogP contribution in [0.15, 0.2) is 77.9 Å². The Balaban J connectivity index is 1.90. The van der Waals surface area contributed by atoms with Crippen molar-refractivity contribution in [1.82, 2.24) is 4.90 Å². The highest BCUT2D eigenvalue weighted by Crippen LogP contribution is 2.51. The molecule has 0 N–H and O–H groups in total. The number of amidine groups is 1. The zero-order valence-electron chi connectivity index (χ0n) is 19.1. The lowest BCUT2D eigenvalue weighted by Gasteiger charge is -2.44. The molecule has 2 aliphatic heterocycles. The molecule has 0 bridgehead atoms. The Hall–Kier alpha value is -3.55. The molecule has 0 saturated carbocycles. The summed E-state index contributed by atoms with van der Waals surface area (Å²) in [6, 6.07) is 22.1. The summed E-state index contributed by atoms with van der Waals surface area (Å²) in [7, 11) is 1.71. The highest BCUT2D eigenvalue weighted by atomic mass is 35.5. The van der Waals surface area contributed by atoms with E-state index in [9.17, 15) is 9.59 Å². The first kappa shape index (κ1) is 23.2. The normalized spacial score (nSPS) is 19.1. The first-order chi connectivity index (χ1) is 16.9. The molecule has 1 atom stereocenters. The van der Waals surface area contributed by atoms with Crippen molar-refractivity contribution >= 4 is 52.3 Å². The van der Waals surface area contributed by atoms with Crippen LogP contribution in [0.25, 0.3) is 0 Å². The number of ether oxygens (including phenoxy) is 1. The minimum Gasteiger partial charge on any atom is -0.460 e. The van der Waals surface area contributed by atoms with Gasteiger partial charge in [0.25, 0.3) is 0 Å². The second-order valence-corrected chi connectivity index (χ2v) is 9.04. The third-order valence-corrected chi connectivity index (χ3v) is 6.70. The van der Waals surface area contributed by atoms with Gasteiger partial charge in [0, 0.05) is 28.2 Å². The number of hydrogen-bond donors (Lipinski definition) is 0. The average Bonchev–Trinajstić information content (AvgIpc) is 3.16. The van der Waals surface area contributed by atoms with Crippen LogP contribution in [0, 0.1) is 0 Å². The quantitative estimate of drug-likeness (QED) is 0.470. The number of carbonyl (C=O) groups is 2. The van der Waals surface area contributed by atoms with Crippen LogP contribution in [0.5, 0.6) is 0 Å². The van der Waals surface area contributed by atoms with Crippen LogP contribution < -0.4 is 9.91 Å². The van der Waals surface area contributed by atoms with Crippen LogP contribution in [-0.4, -0.2) is 42.8 Å². The van der Waals surface area contributed by atoms with Crippen LogP contribution in [0.2, 0.25) is 10.0 Å². The van der Waals surface area contributed by atoms with Gasteiger partial charge in [-0.2, -0.15) is 0 Å². The standard InChI is InChI=1S/C26H22Cl2N4O3/c1-3-35-25(34)24-29-32(20-12-9-18(27)10-13-20)26(17-7-5-4-6-8-17)21-15-19(28)11-14-22(21)30(2)23(33)16-31(24)26/h4-15H,3,16H2,1-2H3/t26-/m0/s1. The van der Waals surface area contributed by atoms with E-state index in [0.29, 0.717) is 27.0 Å². The second-order valence-electron chi connectivity index (χ2n) is 8.17. The molecule has 0 radical (unpaired) electrons. The number of nitrogens with zero attached hydrogens (tertiary/aromatic N) is 4. The highest BCUT2D eigenvalue weighted by Gasteiger charge is 2.57. The van der Waals surface area contributed by atoms with Crippen molar-refractivity contribution in [2.45, 2.75) is 12.6 Å². The maximum Gasteiger partial charge on any atom is 0.376 e. The summed E-state index contributed by atoms with van der Waals surface area (Å²) in [5.74, 6) is -0.799. The number of carbonyl (C=O) groups excluding carboxylic acids is 2. The third kappa shape index (κ3) is 3.63. The lowest BCUT2D eigenvalue weighted by molar-refractivity contribution is -0.136. The van der Waals surface area contributed by atoms with Crippen molar-refractivity contribution in [3.8, 4) is 0 Å². The molecule has 35 heavy (non-hydrogen) atoms. The van der Waals surface area contributed by atoms with Gasteiger partial charge in [0.05, 0.1) is 18.0 Å². The molecular formula is C26H22Cl2N4O3. The van der Waals surface area contributed by atoms with Crippen molar-refractivity contribution in [2.24, 2.45) is 5.10 Å². The molecule has 0 fully saturated rings. The van der Waals surface area contributed by atoms with Gasteiger partial charge in [-0.1, -0.05) is 53.5 Å². The first-order valence-electron chi connectivity index (χ1n) is 11.1. The zero-order chi connectivity index (χ0) is 24.7. The van der Waals surface area contributed by atoms with Crippen molar-refractivity contribution in [3.63, 3.8) is 0 Å². The smallest absolute Gasteiger partial charge is 0.376 e. The van der Waals surface area contributed by atoms with Gasteiger partial charge in [0.15, 0.2) is 5.66 Å². The number of hydrogen-bond acceptors (Lipinski definition) is 6. The van der Waals surface area contributed by atoms with E-state index in [1.165, 1.54) is 0 Å². The molecule has 9 heteroatoms. The van der Waals surface area contributed by atoms with E-state index in [2.05, 4.69) is 0 Å². The van der Waals surface area contributed by atoms with Crippen LogP contribution in [0.4, 0.5) is 11.4 Å². The Morgan fingerprint density at radius 2 is 1.71 bits per heavy atom. The molecule has 0 unspecified atom stereocenters. The van der Waals surface area contributed by atoms with Crippen molar-refractivity contribution in [3.05, 3.63) is 94.0 Å². The minimum atomic E-state index is -1.21. The fourth-order valence-electron chi connectivity index (χ4n) is 4.67. The Kier molecular flexibility index (Phi) is 5.91. The average molecular weight is 509 g/mol. The van der Waals surface area contributed by atoms with E-state index >= 15 is 0 Å². The predicted molar refractivity (Wildman–Crippen MR) is 137 cm³/mol. The number of amides is 1. The summed E-state index contributed by atoms with van der Waals surface area (Å²) in [4.78, 5) is 29.9. The van der Waals surface area contributed by atoms with Crippen molar-refractivity contribution in [1.29, 1.82) is 0 Å². The zero-order valence-corrected chi connectivity index (χ0v) is 20.6. The third-order valence-electron chi connectivity index (χ3n) is 6.22. The summed E-state index contributed by atoms with van der Waals surface area (Å²) in [5, 5.41) is 7.57. The Bertz CT molecular complexity index is 1330. The number of hydrazone groups is 1. The molecule has 0 spiro atoms. The van der Waals surface area contributed by atoms with Gasteiger partial charge >= 0.3 is 5.97 Å². The van der Waals surface area contributed by atoms with E-state index in [0.717, 1.165) is 5.56 Å². The largest absolute Gasteiger partial charge is 0.460 e. The van der Waals surface area contributed by atoms with Gasteiger partial charge in [-0.15, -0.1) is 5.10 Å². The monoisotopic (exact) mass is 508 g/mol. The van der Waals surface area contributed by atoms with Crippen molar-refractivity contribution < 1.29 is 14.3 Å². The fraction of sp³-hybridized carbons (Fsp3) is 0.192. The maximum atomic E-state index is 13.4. The second kappa shape index (κ2) is 8.91. The van der Waals surface area contributed by atoms with Gasteiger partial charge in [-0.25, -0.2) is 9.80 Å². The molecule has 5 rings (SSSR count). The van der Waals surface area contributed by atoms with E-state index in [1.807, 2.05) is 54.6 Å². The SMILES string of the molecule is CCOC(=O)C1=NN(c2ccc(Cl)cc2)[C@@]2(c3ccccc3)c3cc(Cl)ccc3N(C)C(=O)CN12. The lowest BCUT2D eigenvalue weighted by atomic mass is 9.87. The number of benzene rings is 3. The summed E-state index contributed by atoms with van der Waals surface area (Å²) >= 11 is 12.7. The van der Waals surface area contributed by atoms with Crippen LogP contribution in [0.1, 0.15) is 18.1 Å². The van der Waals surface area contributed by atoms with Crippen LogP contribution >= 0.6 is 23.2 Å². The summed E-state index contributed by atoms with van der Waals surface area (Å²) in [6.45, 7) is 1.78. The lowest BCUT2D eigenvalue weighted by Crippen LogP contribution is -2.56. The summed E-state index contributed by atoms with van der Waals surface area (Å²) < 4.78 is 5.36. The van der Waals surface area contributed by atoms with E-state index < -0.39 is 11.6 Å². The van der Waals surface area contributed by atoms with Gasteiger partial charge in [0.1, 0.15) is 6.54 Å². The number of likely N-dealkylation sites (N-methyl/N-ethyl adjacent to an activating group) is 1. The molecule has 1 amide bonds. The minimum absolute atomic E-state index is 0.0280. The van der Waals surface area contributed by atoms with Gasteiger partial charge in [-0.05, 0) is 49.4 Å². The Labute approximate surface area is 213 Å². The molecule has 2 aliphatic rings. The molecule has 178 valence electrons. The summed E-state index contributed by atoms with van der Waals surface area (Å²) in [5.41, 5.74) is 1.61. The van der Waals surface area contributed by atoms with E-state index in [4.69, 9.17) is 33.0 Å². The summed E-state index contributed by atoms with van der Waals surface area (Å²) in [6.07, 6.45) is 0. The van der Waals surface area contributed by atoms with Gasteiger partial charge < -0.3 is 14.5 Å². The van der Waals surface area contributed by atoms with E-state index in [-0.39, 0.29) is 24.9 Å². The number of fused-ring (bicyclic) bond motifs is 3.